The molecule has 1 saturated heterocycles. The Hall–Kier alpha value is -1.06. The van der Waals surface area contributed by atoms with E-state index in [1.165, 1.54) is 11.1 Å². The average molecular weight is 261 g/mol. The molecule has 2 aliphatic heterocycles. The Labute approximate surface area is 115 Å². The zero-order valence-corrected chi connectivity index (χ0v) is 11.8. The summed E-state index contributed by atoms with van der Waals surface area (Å²) in [5.41, 5.74) is 2.75. The largest absolute Gasteiger partial charge is 0.490 e. The van der Waals surface area contributed by atoms with Crippen LogP contribution in [-0.2, 0) is 11.2 Å². The Bertz CT molecular complexity index is 440. The van der Waals surface area contributed by atoms with Crippen molar-refractivity contribution in [3.8, 4) is 5.75 Å². The molecule has 0 amide bonds. The zero-order valence-electron chi connectivity index (χ0n) is 11.8. The van der Waals surface area contributed by atoms with Gasteiger partial charge in [0.05, 0.1) is 0 Å². The summed E-state index contributed by atoms with van der Waals surface area (Å²) in [4.78, 5) is 0. The predicted octanol–water partition coefficient (Wildman–Crippen LogP) is 2.70. The number of nitrogens with one attached hydrogen (secondary N) is 1. The number of rotatable bonds is 3. The molecule has 0 aliphatic carbocycles. The maximum absolute atomic E-state index is 5.78. The number of hydrogen-bond donors (Lipinski definition) is 1. The zero-order chi connectivity index (χ0) is 13.2. The molecule has 2 aliphatic rings. The fraction of sp³-hybridized carbons (Fsp3) is 0.625. The van der Waals surface area contributed by atoms with E-state index in [1.54, 1.807) is 0 Å². The van der Waals surface area contributed by atoms with Crippen LogP contribution in [0.5, 0.6) is 5.75 Å². The van der Waals surface area contributed by atoms with E-state index in [0.29, 0.717) is 18.1 Å². The molecule has 3 heteroatoms. The number of ether oxygens (including phenoxy) is 2. The summed E-state index contributed by atoms with van der Waals surface area (Å²) in [6.07, 6.45) is 3.65. The van der Waals surface area contributed by atoms with Crippen LogP contribution < -0.4 is 10.1 Å². The van der Waals surface area contributed by atoms with Crippen LogP contribution in [-0.4, -0.2) is 26.4 Å². The lowest BCUT2D eigenvalue weighted by Gasteiger charge is -2.30. The molecule has 0 radical (unpaired) electrons. The summed E-state index contributed by atoms with van der Waals surface area (Å²) >= 11 is 0. The quantitative estimate of drug-likeness (QED) is 0.907. The van der Waals surface area contributed by atoms with Gasteiger partial charge in [0.25, 0.3) is 0 Å². The maximum atomic E-state index is 5.78. The van der Waals surface area contributed by atoms with Crippen LogP contribution in [0.25, 0.3) is 0 Å². The van der Waals surface area contributed by atoms with Crippen LogP contribution >= 0.6 is 0 Å². The standard InChI is InChI=1S/C16H23NO2/c1-11-9-14-10-13(3-4-15(14)19-11)16(17-2)12-5-7-18-8-6-12/h3-4,10-12,16-17H,5-9H2,1-2H3. The average Bonchev–Trinajstić information content (AvgIpc) is 2.80. The van der Waals surface area contributed by atoms with Crippen molar-refractivity contribution >= 4 is 0 Å². The van der Waals surface area contributed by atoms with Gasteiger partial charge in [0, 0.05) is 25.7 Å². The lowest BCUT2D eigenvalue weighted by Crippen LogP contribution is -2.30. The second-order valence-electron chi connectivity index (χ2n) is 5.72. The minimum atomic E-state index is 0.321. The van der Waals surface area contributed by atoms with E-state index in [2.05, 4.69) is 37.5 Å². The van der Waals surface area contributed by atoms with Crippen LogP contribution in [0.15, 0.2) is 18.2 Å². The van der Waals surface area contributed by atoms with Crippen LogP contribution in [0.3, 0.4) is 0 Å². The van der Waals surface area contributed by atoms with Crippen LogP contribution in [0, 0.1) is 5.92 Å². The third-order valence-electron chi connectivity index (χ3n) is 4.33. The Morgan fingerprint density at radius 1 is 1.26 bits per heavy atom. The third-order valence-corrected chi connectivity index (χ3v) is 4.33. The Morgan fingerprint density at radius 3 is 2.79 bits per heavy atom. The smallest absolute Gasteiger partial charge is 0.123 e. The highest BCUT2D eigenvalue weighted by Gasteiger charge is 2.26. The molecule has 2 atom stereocenters. The predicted molar refractivity (Wildman–Crippen MR) is 75.6 cm³/mol. The van der Waals surface area contributed by atoms with Crippen LogP contribution in [0.2, 0.25) is 0 Å². The third kappa shape index (κ3) is 2.63. The molecule has 19 heavy (non-hydrogen) atoms. The van der Waals surface area contributed by atoms with Crippen LogP contribution in [0.4, 0.5) is 0 Å². The SMILES string of the molecule is CNC(c1ccc2c(c1)CC(C)O2)C1CCOCC1. The van der Waals surface area contributed by atoms with Crippen LogP contribution in [0.1, 0.15) is 36.9 Å². The molecule has 3 nitrogen and oxygen atoms in total. The minimum Gasteiger partial charge on any atom is -0.490 e. The van der Waals surface area contributed by atoms with E-state index in [-0.39, 0.29) is 0 Å². The van der Waals surface area contributed by atoms with E-state index >= 15 is 0 Å². The minimum absolute atomic E-state index is 0.321. The first-order valence-electron chi connectivity index (χ1n) is 7.32. The second kappa shape index (κ2) is 5.51. The molecule has 2 heterocycles. The summed E-state index contributed by atoms with van der Waals surface area (Å²) in [6.45, 7) is 3.93. The summed E-state index contributed by atoms with van der Waals surface area (Å²) in [5.74, 6) is 1.75. The molecule has 104 valence electrons. The topological polar surface area (TPSA) is 30.5 Å². The summed E-state index contributed by atoms with van der Waals surface area (Å²) < 4.78 is 11.3. The molecule has 0 bridgehead atoms. The fourth-order valence-corrected chi connectivity index (χ4v) is 3.36. The van der Waals surface area contributed by atoms with Crippen molar-refractivity contribution in [1.29, 1.82) is 0 Å². The van der Waals surface area contributed by atoms with Crippen molar-refractivity contribution in [2.45, 2.75) is 38.3 Å². The highest BCUT2D eigenvalue weighted by Crippen LogP contribution is 2.35. The molecule has 0 aromatic heterocycles. The van der Waals surface area contributed by atoms with Crippen molar-refractivity contribution < 1.29 is 9.47 Å². The van der Waals surface area contributed by atoms with Gasteiger partial charge < -0.3 is 14.8 Å². The molecule has 1 fully saturated rings. The lowest BCUT2D eigenvalue weighted by molar-refractivity contribution is 0.0546. The van der Waals surface area contributed by atoms with E-state index in [1.807, 2.05) is 0 Å². The van der Waals surface area contributed by atoms with Crippen molar-refractivity contribution in [1.82, 2.24) is 5.32 Å². The van der Waals surface area contributed by atoms with Gasteiger partial charge in [0.15, 0.2) is 0 Å². The number of hydrogen-bond acceptors (Lipinski definition) is 3. The monoisotopic (exact) mass is 261 g/mol. The van der Waals surface area contributed by atoms with Gasteiger partial charge in [-0.15, -0.1) is 0 Å². The van der Waals surface area contributed by atoms with Gasteiger partial charge in [-0.25, -0.2) is 0 Å². The Kier molecular flexibility index (Phi) is 3.76. The number of benzene rings is 1. The first kappa shape index (κ1) is 12.9. The van der Waals surface area contributed by atoms with Crippen molar-refractivity contribution in [2.24, 2.45) is 5.92 Å². The van der Waals surface area contributed by atoms with Gasteiger partial charge >= 0.3 is 0 Å². The second-order valence-corrected chi connectivity index (χ2v) is 5.72. The van der Waals surface area contributed by atoms with Crippen molar-refractivity contribution in [3.63, 3.8) is 0 Å². The molecule has 0 saturated carbocycles. The van der Waals surface area contributed by atoms with E-state index in [4.69, 9.17) is 9.47 Å². The van der Waals surface area contributed by atoms with Gasteiger partial charge in [-0.1, -0.05) is 12.1 Å². The van der Waals surface area contributed by atoms with E-state index in [0.717, 1.165) is 38.2 Å². The van der Waals surface area contributed by atoms with Gasteiger partial charge in [0.1, 0.15) is 11.9 Å². The highest BCUT2D eigenvalue weighted by molar-refractivity contribution is 5.41. The summed E-state index contributed by atoms with van der Waals surface area (Å²) in [7, 11) is 2.06. The molecule has 1 N–H and O–H groups in total. The van der Waals surface area contributed by atoms with Gasteiger partial charge in [-0.2, -0.15) is 0 Å². The lowest BCUT2D eigenvalue weighted by atomic mass is 9.86. The van der Waals surface area contributed by atoms with Gasteiger partial charge in [0.2, 0.25) is 0 Å². The first-order chi connectivity index (χ1) is 9.28. The maximum Gasteiger partial charge on any atom is 0.123 e. The van der Waals surface area contributed by atoms with E-state index in [9.17, 15) is 0 Å². The Morgan fingerprint density at radius 2 is 2.05 bits per heavy atom. The molecule has 3 rings (SSSR count). The molecule has 1 aromatic carbocycles. The summed E-state index contributed by atoms with van der Waals surface area (Å²) in [6, 6.07) is 7.12. The molecule has 2 unspecified atom stereocenters. The number of fused-ring (bicyclic) bond motifs is 1. The summed E-state index contributed by atoms with van der Waals surface area (Å²) in [5, 5.41) is 3.49. The highest BCUT2D eigenvalue weighted by atomic mass is 16.5. The van der Waals surface area contributed by atoms with E-state index < -0.39 is 0 Å². The molecular weight excluding hydrogens is 238 g/mol. The normalized spacial score (nSPS) is 24.8. The van der Waals surface area contributed by atoms with Gasteiger partial charge in [-0.05, 0) is 49.9 Å². The molecule has 0 spiro atoms. The van der Waals surface area contributed by atoms with Crippen molar-refractivity contribution in [3.05, 3.63) is 29.3 Å². The Balaban J connectivity index is 1.81. The van der Waals surface area contributed by atoms with Crippen molar-refractivity contribution in [2.75, 3.05) is 20.3 Å². The molecule has 1 aromatic rings. The van der Waals surface area contributed by atoms with Gasteiger partial charge in [-0.3, -0.25) is 0 Å². The fourth-order valence-electron chi connectivity index (χ4n) is 3.36. The first-order valence-corrected chi connectivity index (χ1v) is 7.32. The molecular formula is C16H23NO2.